The molecule has 8 heteroatoms. The fourth-order valence-corrected chi connectivity index (χ4v) is 3.22. The lowest BCUT2D eigenvalue weighted by Crippen LogP contribution is -2.55. The number of rotatable bonds is 5. The highest BCUT2D eigenvalue weighted by Crippen LogP contribution is 2.29. The van der Waals surface area contributed by atoms with Gasteiger partial charge < -0.3 is 10.2 Å². The van der Waals surface area contributed by atoms with Crippen LogP contribution in [0, 0.1) is 0 Å². The molecule has 2 fully saturated rings. The highest BCUT2D eigenvalue weighted by atomic mass is 19.4. The molecule has 3 rings (SSSR count). The number of piperazine rings is 1. The summed E-state index contributed by atoms with van der Waals surface area (Å²) in [6.45, 7) is 3.96. The van der Waals surface area contributed by atoms with Crippen LogP contribution in [0.4, 0.5) is 13.2 Å². The van der Waals surface area contributed by atoms with Crippen LogP contribution in [0.1, 0.15) is 30.9 Å². The number of carbonyl (C=O) groups excluding carboxylic acids is 2. The van der Waals surface area contributed by atoms with Crippen LogP contribution < -0.4 is 5.32 Å². The fourth-order valence-electron chi connectivity index (χ4n) is 3.22. The Morgan fingerprint density at radius 1 is 1.19 bits per heavy atom. The van der Waals surface area contributed by atoms with E-state index >= 15 is 0 Å². The Labute approximate surface area is 156 Å². The molecule has 5 nitrogen and oxygen atoms in total. The molecule has 1 N–H and O–H groups in total. The van der Waals surface area contributed by atoms with E-state index in [1.54, 1.807) is 4.90 Å². The largest absolute Gasteiger partial charge is 0.416 e. The molecule has 2 aliphatic rings. The van der Waals surface area contributed by atoms with Gasteiger partial charge in [0.05, 0.1) is 18.0 Å². The molecule has 0 aromatic heterocycles. The van der Waals surface area contributed by atoms with E-state index in [1.165, 1.54) is 12.1 Å². The Kier molecular flexibility index (Phi) is 5.74. The molecule has 27 heavy (non-hydrogen) atoms. The number of benzene rings is 1. The number of hydrogen-bond acceptors (Lipinski definition) is 3. The van der Waals surface area contributed by atoms with E-state index < -0.39 is 11.7 Å². The van der Waals surface area contributed by atoms with Crippen molar-refractivity contribution in [3.8, 4) is 0 Å². The molecule has 148 valence electrons. The standard InChI is InChI=1S/C19H24F3N3O2/c1-13(18(27)23-16-5-6-16)24-7-9-25(10-8-24)17(26)12-14-3-2-4-15(11-14)19(20,21)22/h2-4,11,13,16H,5-10,12H2,1H3,(H,23,27). The van der Waals surface area contributed by atoms with Crippen LogP contribution in [0.25, 0.3) is 0 Å². The molecule has 0 radical (unpaired) electrons. The van der Waals surface area contributed by atoms with Gasteiger partial charge in [0.2, 0.25) is 11.8 Å². The first-order valence-corrected chi connectivity index (χ1v) is 9.22. The third-order valence-electron chi connectivity index (χ3n) is 5.13. The summed E-state index contributed by atoms with van der Waals surface area (Å²) in [5, 5.41) is 2.98. The number of nitrogens with one attached hydrogen (secondary N) is 1. The predicted molar refractivity (Wildman–Crippen MR) is 93.9 cm³/mol. The maximum absolute atomic E-state index is 12.8. The number of carbonyl (C=O) groups is 2. The van der Waals surface area contributed by atoms with E-state index in [4.69, 9.17) is 0 Å². The summed E-state index contributed by atoms with van der Waals surface area (Å²) < 4.78 is 38.4. The van der Waals surface area contributed by atoms with Crippen LogP contribution in [0.3, 0.4) is 0 Å². The summed E-state index contributed by atoms with van der Waals surface area (Å²) in [5.41, 5.74) is -0.387. The molecule has 1 unspecified atom stereocenters. The molecule has 1 saturated carbocycles. The summed E-state index contributed by atoms with van der Waals surface area (Å²) in [6.07, 6.45) is -2.39. The molecular formula is C19H24F3N3O2. The highest BCUT2D eigenvalue weighted by molar-refractivity contribution is 5.82. The maximum atomic E-state index is 12.8. The average Bonchev–Trinajstić information content (AvgIpc) is 3.44. The summed E-state index contributed by atoms with van der Waals surface area (Å²) in [5.74, 6) is -0.176. The fraction of sp³-hybridized carbons (Fsp3) is 0.579. The van der Waals surface area contributed by atoms with Crippen LogP contribution in [0.2, 0.25) is 0 Å². The SMILES string of the molecule is CC(C(=O)NC1CC1)N1CCN(C(=O)Cc2cccc(C(F)(F)F)c2)CC1. The Bertz CT molecular complexity index is 696. The lowest BCUT2D eigenvalue weighted by molar-refractivity contribution is -0.138. The molecule has 0 spiro atoms. The van der Waals surface area contributed by atoms with Crippen molar-refractivity contribution in [2.24, 2.45) is 0 Å². The zero-order valence-corrected chi connectivity index (χ0v) is 15.3. The van der Waals surface area contributed by atoms with Gasteiger partial charge >= 0.3 is 6.18 Å². The zero-order valence-electron chi connectivity index (χ0n) is 15.3. The Morgan fingerprint density at radius 2 is 1.85 bits per heavy atom. The minimum absolute atomic E-state index is 0.0150. The monoisotopic (exact) mass is 383 g/mol. The molecule has 1 heterocycles. The minimum atomic E-state index is -4.41. The first kappa shape index (κ1) is 19.7. The summed E-state index contributed by atoms with van der Waals surface area (Å²) in [4.78, 5) is 28.3. The Morgan fingerprint density at radius 3 is 2.44 bits per heavy atom. The van der Waals surface area contributed by atoms with E-state index in [1.807, 2.05) is 11.8 Å². The lowest BCUT2D eigenvalue weighted by atomic mass is 10.1. The van der Waals surface area contributed by atoms with Gasteiger partial charge in [-0.25, -0.2) is 0 Å². The third-order valence-corrected chi connectivity index (χ3v) is 5.13. The van der Waals surface area contributed by atoms with Gasteiger partial charge in [-0.1, -0.05) is 18.2 Å². The smallest absolute Gasteiger partial charge is 0.352 e. The topological polar surface area (TPSA) is 52.7 Å². The summed E-state index contributed by atoms with van der Waals surface area (Å²) >= 11 is 0. The number of nitrogens with zero attached hydrogens (tertiary/aromatic N) is 2. The zero-order chi connectivity index (χ0) is 19.6. The van der Waals surface area contributed by atoms with Crippen LogP contribution in [-0.4, -0.2) is 59.9 Å². The van der Waals surface area contributed by atoms with Gasteiger partial charge in [0.25, 0.3) is 0 Å². The Hall–Kier alpha value is -2.09. The molecule has 1 aliphatic carbocycles. The molecule has 1 aromatic carbocycles. The second kappa shape index (κ2) is 7.88. The lowest BCUT2D eigenvalue weighted by Gasteiger charge is -2.37. The third kappa shape index (κ3) is 5.22. The van der Waals surface area contributed by atoms with Crippen molar-refractivity contribution in [1.82, 2.24) is 15.1 Å². The quantitative estimate of drug-likeness (QED) is 0.847. The second-order valence-electron chi connectivity index (χ2n) is 7.25. The van der Waals surface area contributed by atoms with E-state index in [9.17, 15) is 22.8 Å². The van der Waals surface area contributed by atoms with Crippen LogP contribution >= 0.6 is 0 Å². The van der Waals surface area contributed by atoms with Crippen LogP contribution in [-0.2, 0) is 22.2 Å². The minimum Gasteiger partial charge on any atom is -0.352 e. The van der Waals surface area contributed by atoms with Crippen molar-refractivity contribution in [1.29, 1.82) is 0 Å². The van der Waals surface area contributed by atoms with Crippen LogP contribution in [0.5, 0.6) is 0 Å². The molecule has 1 atom stereocenters. The number of alkyl halides is 3. The summed E-state index contributed by atoms with van der Waals surface area (Å²) in [7, 11) is 0. The van der Waals surface area contributed by atoms with Crippen LogP contribution in [0.15, 0.2) is 24.3 Å². The molecular weight excluding hydrogens is 359 g/mol. The van der Waals surface area contributed by atoms with Crippen molar-refractivity contribution in [3.63, 3.8) is 0 Å². The predicted octanol–water partition coefficient (Wildman–Crippen LogP) is 2.06. The van der Waals surface area contributed by atoms with E-state index in [2.05, 4.69) is 5.32 Å². The average molecular weight is 383 g/mol. The van der Waals surface area contributed by atoms with E-state index in [0.29, 0.717) is 37.8 Å². The van der Waals surface area contributed by atoms with Crippen molar-refractivity contribution in [2.45, 2.75) is 44.4 Å². The van der Waals surface area contributed by atoms with Gasteiger partial charge in [-0.15, -0.1) is 0 Å². The van der Waals surface area contributed by atoms with Crippen molar-refractivity contribution < 1.29 is 22.8 Å². The van der Waals surface area contributed by atoms with Gasteiger partial charge in [0.15, 0.2) is 0 Å². The van der Waals surface area contributed by atoms with Gasteiger partial charge in [-0.2, -0.15) is 13.2 Å². The van der Waals surface area contributed by atoms with Gasteiger partial charge in [-0.3, -0.25) is 14.5 Å². The first-order chi connectivity index (χ1) is 12.7. The summed E-state index contributed by atoms with van der Waals surface area (Å²) in [6, 6.07) is 4.96. The molecule has 1 saturated heterocycles. The number of hydrogen-bond donors (Lipinski definition) is 1. The molecule has 1 aromatic rings. The van der Waals surface area contributed by atoms with E-state index in [0.717, 1.165) is 25.0 Å². The highest BCUT2D eigenvalue weighted by Gasteiger charge is 2.32. The molecule has 1 aliphatic heterocycles. The van der Waals surface area contributed by atoms with Crippen molar-refractivity contribution >= 4 is 11.8 Å². The van der Waals surface area contributed by atoms with Crippen molar-refractivity contribution in [2.75, 3.05) is 26.2 Å². The van der Waals surface area contributed by atoms with Crippen molar-refractivity contribution in [3.05, 3.63) is 35.4 Å². The van der Waals surface area contributed by atoms with Gasteiger partial charge in [-0.05, 0) is 31.4 Å². The molecule has 0 bridgehead atoms. The van der Waals surface area contributed by atoms with E-state index in [-0.39, 0.29) is 24.3 Å². The molecule has 2 amide bonds. The number of amides is 2. The second-order valence-corrected chi connectivity index (χ2v) is 7.25. The maximum Gasteiger partial charge on any atom is 0.416 e. The van der Waals surface area contributed by atoms with Gasteiger partial charge in [0.1, 0.15) is 0 Å². The van der Waals surface area contributed by atoms with Gasteiger partial charge in [0, 0.05) is 32.2 Å². The Balaban J connectivity index is 1.50. The first-order valence-electron chi connectivity index (χ1n) is 9.22. The normalized spacial score (nSPS) is 19.6. The number of halogens is 3.